The van der Waals surface area contributed by atoms with Crippen LogP contribution in [0.2, 0.25) is 0 Å². The normalized spacial score (nSPS) is 26.2. The van der Waals surface area contributed by atoms with Gasteiger partial charge in [0.2, 0.25) is 0 Å². The Hall–Kier alpha value is -1.38. The maximum Gasteiger partial charge on any atom is 0.0398 e. The molecule has 0 bridgehead atoms. The average molecular weight is 339 g/mol. The molecule has 2 aliphatic rings. The van der Waals surface area contributed by atoms with Crippen LogP contribution in [-0.4, -0.2) is 17.6 Å². The summed E-state index contributed by atoms with van der Waals surface area (Å²) in [6, 6.07) is 9.04. The summed E-state index contributed by atoms with van der Waals surface area (Å²) in [5, 5.41) is 3.91. The van der Waals surface area contributed by atoms with Crippen LogP contribution in [0.1, 0.15) is 76.3 Å². The Kier molecular flexibility index (Phi) is 5.22. The Morgan fingerprint density at radius 3 is 2.80 bits per heavy atom. The molecule has 2 nitrogen and oxygen atoms in total. The minimum Gasteiger partial charge on any atom is -0.326 e. The molecule has 1 heterocycles. The number of hydrogen-bond donors (Lipinski definition) is 2. The molecule has 0 radical (unpaired) electrons. The van der Waals surface area contributed by atoms with Crippen LogP contribution in [0.4, 0.5) is 0 Å². The highest BCUT2D eigenvalue weighted by atomic mass is 15.0. The summed E-state index contributed by atoms with van der Waals surface area (Å²) in [5.41, 5.74) is 12.6. The van der Waals surface area contributed by atoms with Gasteiger partial charge in [0.15, 0.2) is 0 Å². The van der Waals surface area contributed by atoms with Gasteiger partial charge < -0.3 is 11.1 Å². The van der Waals surface area contributed by atoms with Crippen LogP contribution in [0, 0.1) is 0 Å². The van der Waals surface area contributed by atoms with E-state index in [2.05, 4.69) is 63.0 Å². The Bertz CT molecular complexity index is 665. The van der Waals surface area contributed by atoms with Gasteiger partial charge in [-0.25, -0.2) is 0 Å². The van der Waals surface area contributed by atoms with Crippen molar-refractivity contribution in [2.24, 2.45) is 5.73 Å². The molecule has 3 rings (SSSR count). The number of nitrogens with two attached hydrogens (primary N) is 1. The molecule has 0 aromatic heterocycles. The predicted molar refractivity (Wildman–Crippen MR) is 109 cm³/mol. The molecular formula is C23H34N2. The van der Waals surface area contributed by atoms with E-state index in [9.17, 15) is 0 Å². The number of hydrogen-bond acceptors (Lipinski definition) is 2. The Morgan fingerprint density at radius 2 is 2.12 bits per heavy atom. The van der Waals surface area contributed by atoms with Crippen molar-refractivity contribution in [3.63, 3.8) is 0 Å². The fraction of sp³-hybridized carbons (Fsp3) is 0.565. The van der Waals surface area contributed by atoms with E-state index < -0.39 is 0 Å². The summed E-state index contributed by atoms with van der Waals surface area (Å²) in [6.45, 7) is 11.7. The van der Waals surface area contributed by atoms with E-state index in [1.807, 2.05) is 0 Å². The van der Waals surface area contributed by atoms with Crippen molar-refractivity contribution >= 4 is 5.57 Å². The predicted octanol–water partition coefficient (Wildman–Crippen LogP) is 5.16. The van der Waals surface area contributed by atoms with Crippen molar-refractivity contribution < 1.29 is 0 Å². The lowest BCUT2D eigenvalue weighted by atomic mass is 9.66. The van der Waals surface area contributed by atoms with Crippen LogP contribution in [-0.2, 0) is 0 Å². The second kappa shape index (κ2) is 7.09. The van der Waals surface area contributed by atoms with Crippen LogP contribution < -0.4 is 11.1 Å². The van der Waals surface area contributed by atoms with Gasteiger partial charge in [-0.15, -0.1) is 6.58 Å². The molecule has 2 heteroatoms. The minimum absolute atomic E-state index is 0.108. The Balaban J connectivity index is 2.05. The highest BCUT2D eigenvalue weighted by Gasteiger charge is 2.41. The first-order chi connectivity index (χ1) is 11.9. The molecule has 0 fully saturated rings. The van der Waals surface area contributed by atoms with Gasteiger partial charge in [-0.1, -0.05) is 37.3 Å². The molecule has 25 heavy (non-hydrogen) atoms. The van der Waals surface area contributed by atoms with Crippen LogP contribution in [0.5, 0.6) is 0 Å². The molecular weight excluding hydrogens is 304 g/mol. The molecule has 1 aliphatic carbocycles. The smallest absolute Gasteiger partial charge is 0.0398 e. The van der Waals surface area contributed by atoms with Crippen molar-refractivity contribution in [2.45, 2.75) is 76.3 Å². The second-order valence-corrected chi connectivity index (χ2v) is 8.57. The van der Waals surface area contributed by atoms with Crippen LogP contribution in [0.3, 0.4) is 0 Å². The van der Waals surface area contributed by atoms with Crippen molar-refractivity contribution in [1.82, 2.24) is 5.32 Å². The minimum atomic E-state index is -0.116. The summed E-state index contributed by atoms with van der Waals surface area (Å²) < 4.78 is 0. The van der Waals surface area contributed by atoms with Crippen LogP contribution in [0.15, 0.2) is 42.5 Å². The van der Waals surface area contributed by atoms with Gasteiger partial charge >= 0.3 is 0 Å². The summed E-state index contributed by atoms with van der Waals surface area (Å²) in [4.78, 5) is 0. The number of rotatable bonds is 6. The van der Waals surface area contributed by atoms with Gasteiger partial charge in [-0.05, 0) is 80.6 Å². The van der Waals surface area contributed by atoms with Gasteiger partial charge in [0, 0.05) is 17.6 Å². The van der Waals surface area contributed by atoms with Gasteiger partial charge in [0.25, 0.3) is 0 Å². The number of benzene rings is 1. The molecule has 0 amide bonds. The zero-order valence-corrected chi connectivity index (χ0v) is 16.2. The number of allylic oxidation sites excluding steroid dienone is 1. The first-order valence-corrected chi connectivity index (χ1v) is 9.87. The maximum absolute atomic E-state index is 6.33. The topological polar surface area (TPSA) is 38.0 Å². The van der Waals surface area contributed by atoms with E-state index in [-0.39, 0.29) is 11.1 Å². The van der Waals surface area contributed by atoms with E-state index in [4.69, 9.17) is 5.73 Å². The van der Waals surface area contributed by atoms with E-state index >= 15 is 0 Å². The third kappa shape index (κ3) is 3.61. The zero-order valence-electron chi connectivity index (χ0n) is 16.2. The molecule has 136 valence electrons. The standard InChI is InChI=1S/C23H34N2/c1-5-9-17-16-21-20(19-11-8-7-10-18(17)19)12-15-25-23(21,6-2)14-13-22(3,4)24/h5,7-8,10-11,17,25H,1,6,9,12-16,24H2,2-4H3/t17?,23-/m0/s1. The van der Waals surface area contributed by atoms with Gasteiger partial charge in [-0.3, -0.25) is 0 Å². The molecule has 0 saturated heterocycles. The van der Waals surface area contributed by atoms with E-state index in [0.717, 1.165) is 45.1 Å². The summed E-state index contributed by atoms with van der Waals surface area (Å²) in [6.07, 6.45) is 8.72. The lowest BCUT2D eigenvalue weighted by Crippen LogP contribution is -2.52. The maximum atomic E-state index is 6.33. The molecule has 1 unspecified atom stereocenters. The van der Waals surface area contributed by atoms with Crippen LogP contribution in [0.25, 0.3) is 5.57 Å². The SMILES string of the molecule is C=CCC1CC2=C(CCN[C@@]2(CC)CCC(C)(C)N)c2ccccc21. The zero-order chi connectivity index (χ0) is 18.1. The lowest BCUT2D eigenvalue weighted by Gasteiger charge is -2.46. The molecule has 1 aromatic rings. The highest BCUT2D eigenvalue weighted by Crippen LogP contribution is 2.49. The first kappa shape index (κ1) is 18.4. The quantitative estimate of drug-likeness (QED) is 0.703. The van der Waals surface area contributed by atoms with Crippen molar-refractivity contribution in [2.75, 3.05) is 6.54 Å². The van der Waals surface area contributed by atoms with Gasteiger partial charge in [0.05, 0.1) is 0 Å². The Morgan fingerprint density at radius 1 is 1.36 bits per heavy atom. The molecule has 0 spiro atoms. The summed E-state index contributed by atoms with van der Waals surface area (Å²) in [5.74, 6) is 0.559. The van der Waals surface area contributed by atoms with E-state index in [1.54, 1.807) is 11.1 Å². The van der Waals surface area contributed by atoms with E-state index in [0.29, 0.717) is 5.92 Å². The molecule has 1 aromatic carbocycles. The fourth-order valence-corrected chi connectivity index (χ4v) is 4.77. The third-order valence-electron chi connectivity index (χ3n) is 6.21. The lowest BCUT2D eigenvalue weighted by molar-refractivity contribution is 0.285. The molecule has 0 saturated carbocycles. The molecule has 1 aliphatic heterocycles. The average Bonchev–Trinajstić information content (AvgIpc) is 2.60. The molecule has 2 atom stereocenters. The highest BCUT2D eigenvalue weighted by molar-refractivity contribution is 5.76. The number of fused-ring (bicyclic) bond motifs is 2. The second-order valence-electron chi connectivity index (χ2n) is 8.57. The monoisotopic (exact) mass is 338 g/mol. The van der Waals surface area contributed by atoms with Crippen molar-refractivity contribution in [3.05, 3.63) is 53.6 Å². The number of nitrogens with one attached hydrogen (secondary N) is 1. The van der Waals surface area contributed by atoms with Crippen LogP contribution >= 0.6 is 0 Å². The van der Waals surface area contributed by atoms with Gasteiger partial charge in [-0.2, -0.15) is 0 Å². The largest absolute Gasteiger partial charge is 0.326 e. The van der Waals surface area contributed by atoms with Crippen molar-refractivity contribution in [3.8, 4) is 0 Å². The third-order valence-corrected chi connectivity index (χ3v) is 6.21. The first-order valence-electron chi connectivity index (χ1n) is 9.87. The summed E-state index contributed by atoms with van der Waals surface area (Å²) >= 11 is 0. The summed E-state index contributed by atoms with van der Waals surface area (Å²) in [7, 11) is 0. The van der Waals surface area contributed by atoms with E-state index in [1.165, 1.54) is 11.1 Å². The molecule has 3 N–H and O–H groups in total. The van der Waals surface area contributed by atoms with Gasteiger partial charge in [0.1, 0.15) is 0 Å². The fourth-order valence-electron chi connectivity index (χ4n) is 4.77. The Labute approximate surface area is 153 Å². The van der Waals surface area contributed by atoms with Crippen molar-refractivity contribution in [1.29, 1.82) is 0 Å².